The van der Waals surface area contributed by atoms with Crippen LogP contribution in [-0.4, -0.2) is 35.7 Å². The Kier molecular flexibility index (Phi) is 5.56. The van der Waals surface area contributed by atoms with Crippen molar-refractivity contribution in [3.63, 3.8) is 0 Å². The van der Waals surface area contributed by atoms with E-state index in [-0.39, 0.29) is 17.5 Å². The lowest BCUT2D eigenvalue weighted by Crippen LogP contribution is -2.70. The minimum Gasteiger partial charge on any atom is -0.472 e. The van der Waals surface area contributed by atoms with Gasteiger partial charge in [-0.2, -0.15) is 0 Å². The third kappa shape index (κ3) is 3.31. The van der Waals surface area contributed by atoms with Gasteiger partial charge in [0, 0.05) is 41.6 Å². The highest BCUT2D eigenvalue weighted by atomic mass is 16.6. The first-order valence-electron chi connectivity index (χ1n) is 13.1. The molecule has 0 spiro atoms. The summed E-state index contributed by atoms with van der Waals surface area (Å²) in [5.74, 6) is -1.95. The number of allylic oxidation sites excluding steroid dienone is 3. The van der Waals surface area contributed by atoms with E-state index in [0.29, 0.717) is 0 Å². The first-order valence-corrected chi connectivity index (χ1v) is 13.1. The van der Waals surface area contributed by atoms with Gasteiger partial charge in [-0.15, -0.1) is 0 Å². The molecule has 0 N–H and O–H groups in total. The van der Waals surface area contributed by atoms with E-state index in [1.807, 2.05) is 26.0 Å². The lowest BCUT2D eigenvalue weighted by molar-refractivity contribution is -0.237. The van der Waals surface area contributed by atoms with Crippen LogP contribution in [0, 0.1) is 33.5 Å². The molecule has 1 aromatic heterocycles. The lowest BCUT2D eigenvalue weighted by Gasteiger charge is -2.67. The normalized spacial score (nSPS) is 41.8. The van der Waals surface area contributed by atoms with Crippen LogP contribution in [0.25, 0.3) is 0 Å². The van der Waals surface area contributed by atoms with E-state index in [1.54, 1.807) is 24.7 Å². The molecule has 4 aliphatic carbocycles. The third-order valence-electron chi connectivity index (χ3n) is 10.2. The summed E-state index contributed by atoms with van der Waals surface area (Å²) in [4.78, 5) is 51.8. The number of rotatable bonds is 3. The number of ether oxygens (including phenoxy) is 2. The van der Waals surface area contributed by atoms with Crippen molar-refractivity contribution < 1.29 is 33.1 Å². The van der Waals surface area contributed by atoms with E-state index in [9.17, 15) is 19.2 Å². The summed E-state index contributed by atoms with van der Waals surface area (Å²) < 4.78 is 17.5. The molecule has 0 amide bonds. The highest BCUT2D eigenvalue weighted by Gasteiger charge is 2.73. The molecule has 198 valence electrons. The zero-order chi connectivity index (χ0) is 27.1. The van der Waals surface area contributed by atoms with Crippen molar-refractivity contribution in [1.82, 2.24) is 0 Å². The number of carbonyl (C=O) groups is 4. The fourth-order valence-electron chi connectivity index (χ4n) is 8.93. The summed E-state index contributed by atoms with van der Waals surface area (Å²) in [5, 5.41) is 0. The third-order valence-corrected chi connectivity index (χ3v) is 10.2. The van der Waals surface area contributed by atoms with Crippen LogP contribution in [-0.2, 0) is 28.7 Å². The van der Waals surface area contributed by atoms with Gasteiger partial charge < -0.3 is 13.9 Å². The van der Waals surface area contributed by atoms with Crippen molar-refractivity contribution in [2.45, 2.75) is 79.4 Å². The molecule has 7 nitrogen and oxygen atoms in total. The monoisotopic (exact) mass is 508 g/mol. The molecule has 0 aromatic carbocycles. The molecule has 0 saturated heterocycles. The maximum atomic E-state index is 13.6. The van der Waals surface area contributed by atoms with Crippen LogP contribution in [0.4, 0.5) is 0 Å². The molecule has 1 aromatic rings. The van der Waals surface area contributed by atoms with E-state index in [4.69, 9.17) is 13.9 Å². The smallest absolute Gasteiger partial charge is 0.303 e. The van der Waals surface area contributed by atoms with Crippen LogP contribution < -0.4 is 0 Å². The Labute approximate surface area is 217 Å². The largest absolute Gasteiger partial charge is 0.472 e. The van der Waals surface area contributed by atoms with Gasteiger partial charge in [0.1, 0.15) is 12.2 Å². The van der Waals surface area contributed by atoms with Crippen molar-refractivity contribution in [2.75, 3.05) is 0 Å². The van der Waals surface area contributed by atoms with E-state index in [0.717, 1.165) is 24.0 Å². The van der Waals surface area contributed by atoms with E-state index >= 15 is 0 Å². The summed E-state index contributed by atoms with van der Waals surface area (Å²) in [6.45, 7) is 12.7. The summed E-state index contributed by atoms with van der Waals surface area (Å²) in [6.07, 6.45) is 8.33. The van der Waals surface area contributed by atoms with Gasteiger partial charge in [0.05, 0.1) is 18.4 Å². The van der Waals surface area contributed by atoms with Gasteiger partial charge in [0.15, 0.2) is 11.6 Å². The van der Waals surface area contributed by atoms with Gasteiger partial charge in [-0.3, -0.25) is 19.2 Å². The van der Waals surface area contributed by atoms with Crippen LogP contribution in [0.15, 0.2) is 46.8 Å². The molecule has 4 aliphatic rings. The highest BCUT2D eigenvalue weighted by molar-refractivity contribution is 6.01. The van der Waals surface area contributed by atoms with Crippen LogP contribution in [0.3, 0.4) is 0 Å². The number of furan rings is 1. The minimum absolute atomic E-state index is 0.00615. The number of fused-ring (bicyclic) bond motifs is 5. The van der Waals surface area contributed by atoms with Gasteiger partial charge in [0.2, 0.25) is 0 Å². The number of ketones is 2. The van der Waals surface area contributed by atoms with Crippen molar-refractivity contribution in [3.8, 4) is 0 Å². The van der Waals surface area contributed by atoms with Crippen LogP contribution in [0.5, 0.6) is 0 Å². The molecule has 0 bridgehead atoms. The molecule has 5 rings (SSSR count). The molecule has 2 saturated carbocycles. The van der Waals surface area contributed by atoms with Crippen molar-refractivity contribution >= 4 is 23.5 Å². The lowest BCUT2D eigenvalue weighted by atomic mass is 9.37. The molecular formula is C30H36O7. The molecule has 1 heterocycles. The summed E-state index contributed by atoms with van der Waals surface area (Å²) in [6, 6.07) is 1.83. The Bertz CT molecular complexity index is 1240. The Morgan fingerprint density at radius 2 is 1.70 bits per heavy atom. The molecular weight excluding hydrogens is 472 g/mol. The average molecular weight is 509 g/mol. The minimum atomic E-state index is -0.872. The number of esters is 2. The molecule has 2 fully saturated rings. The van der Waals surface area contributed by atoms with Gasteiger partial charge in [-0.1, -0.05) is 40.7 Å². The quantitative estimate of drug-likeness (QED) is 0.532. The van der Waals surface area contributed by atoms with Gasteiger partial charge in [0.25, 0.3) is 0 Å². The van der Waals surface area contributed by atoms with Gasteiger partial charge >= 0.3 is 11.9 Å². The fraction of sp³-hybridized carbons (Fsp3) is 0.600. The molecule has 37 heavy (non-hydrogen) atoms. The van der Waals surface area contributed by atoms with Crippen LogP contribution in [0.1, 0.15) is 72.8 Å². The summed E-state index contributed by atoms with van der Waals surface area (Å²) in [5.41, 5.74) is -1.02. The highest BCUT2D eigenvalue weighted by Crippen LogP contribution is 2.72. The molecule has 0 radical (unpaired) electrons. The zero-order valence-corrected chi connectivity index (χ0v) is 22.6. The van der Waals surface area contributed by atoms with E-state index in [2.05, 4.69) is 20.8 Å². The summed E-state index contributed by atoms with van der Waals surface area (Å²) in [7, 11) is 0. The standard InChI is InChI=1S/C30H36O7/c1-16(31)36-24-25-27(3,4)22(34)9-12-29(25,6)20-8-11-28(5)21(30(20,7)26(24)37-17(2)32)14-19(33)23(28)18-10-13-35-15-18/h9-10,12-15,20,23-26H,8,11H2,1-7H3/t20-,23+,24+,25-,26-,28+,29+,30+/m0/s1. The average Bonchev–Trinajstić information content (AvgIpc) is 3.39. The first kappa shape index (κ1) is 25.7. The maximum absolute atomic E-state index is 13.6. The number of carbonyl (C=O) groups excluding carboxylic acids is 4. The SMILES string of the molecule is CC(=O)O[C@@H]1[C@H]2C(C)(C)C(=O)C=C[C@]2(C)[C@@H]2CC[C@]3(C)C(=CC(=O)[C@H]3c3ccoc3)[C@]2(C)[C@H]1OC(C)=O. The van der Waals surface area contributed by atoms with Crippen LogP contribution in [0.2, 0.25) is 0 Å². The van der Waals surface area contributed by atoms with Gasteiger partial charge in [-0.05, 0) is 48.0 Å². The topological polar surface area (TPSA) is 99.9 Å². The molecule has 0 unspecified atom stereocenters. The number of hydrogen-bond donors (Lipinski definition) is 0. The Morgan fingerprint density at radius 3 is 2.30 bits per heavy atom. The predicted octanol–water partition coefficient (Wildman–Crippen LogP) is 4.96. The second-order valence-electron chi connectivity index (χ2n) is 12.6. The molecule has 7 heteroatoms. The summed E-state index contributed by atoms with van der Waals surface area (Å²) >= 11 is 0. The van der Waals surface area contributed by atoms with E-state index in [1.165, 1.54) is 13.8 Å². The fourth-order valence-corrected chi connectivity index (χ4v) is 8.93. The molecule has 0 aliphatic heterocycles. The van der Waals surface area contributed by atoms with Crippen molar-refractivity contribution in [3.05, 3.63) is 48.0 Å². The second-order valence-corrected chi connectivity index (χ2v) is 12.6. The van der Waals surface area contributed by atoms with E-state index < -0.39 is 57.6 Å². The Balaban J connectivity index is 1.76. The van der Waals surface area contributed by atoms with Crippen molar-refractivity contribution in [1.29, 1.82) is 0 Å². The van der Waals surface area contributed by atoms with Crippen LogP contribution >= 0.6 is 0 Å². The zero-order valence-electron chi connectivity index (χ0n) is 22.6. The predicted molar refractivity (Wildman–Crippen MR) is 134 cm³/mol. The van der Waals surface area contributed by atoms with Gasteiger partial charge in [-0.25, -0.2) is 0 Å². The first-order chi connectivity index (χ1) is 17.2. The number of hydrogen-bond acceptors (Lipinski definition) is 7. The van der Waals surface area contributed by atoms with Crippen molar-refractivity contribution in [2.24, 2.45) is 33.5 Å². The Morgan fingerprint density at radius 1 is 1.03 bits per heavy atom. The Hall–Kier alpha value is -2.96. The molecule has 8 atom stereocenters. The maximum Gasteiger partial charge on any atom is 0.303 e. The second kappa shape index (κ2) is 8.02.